The van der Waals surface area contributed by atoms with Gasteiger partial charge in [0.2, 0.25) is 5.91 Å². The monoisotopic (exact) mass is 156 g/mol. The zero-order valence-corrected chi connectivity index (χ0v) is 7.24. The first-order valence-electron chi connectivity index (χ1n) is 4.18. The number of carbonyl (C=O) groups is 1. The van der Waals surface area contributed by atoms with Crippen molar-refractivity contribution in [3.05, 3.63) is 0 Å². The van der Waals surface area contributed by atoms with Crippen LogP contribution in [0.15, 0.2) is 0 Å². The molecule has 0 aromatic rings. The van der Waals surface area contributed by atoms with Gasteiger partial charge in [0, 0.05) is 12.1 Å². The van der Waals surface area contributed by atoms with Crippen molar-refractivity contribution in [3.63, 3.8) is 0 Å². The number of hydrogen-bond donors (Lipinski definition) is 2. The minimum absolute atomic E-state index is 0.0978. The maximum Gasteiger partial charge on any atom is 0.233 e. The number of likely N-dealkylation sites (N-methyl/N-ethyl adjacent to an activating group) is 1. The van der Waals surface area contributed by atoms with Crippen LogP contribution < -0.4 is 10.6 Å². The van der Waals surface area contributed by atoms with E-state index in [0.29, 0.717) is 6.54 Å². The van der Waals surface area contributed by atoms with Crippen molar-refractivity contribution in [1.29, 1.82) is 0 Å². The summed E-state index contributed by atoms with van der Waals surface area (Å²) in [7, 11) is 0. The van der Waals surface area contributed by atoms with Gasteiger partial charge in [-0.3, -0.25) is 4.79 Å². The first-order valence-corrected chi connectivity index (χ1v) is 4.18. The van der Waals surface area contributed by atoms with E-state index in [1.54, 1.807) is 0 Å². The van der Waals surface area contributed by atoms with Gasteiger partial charge in [0.15, 0.2) is 0 Å². The third kappa shape index (κ3) is 2.89. The summed E-state index contributed by atoms with van der Waals surface area (Å²) in [6.45, 7) is 5.25. The molecule has 1 aliphatic rings. The van der Waals surface area contributed by atoms with E-state index >= 15 is 0 Å². The Balaban J connectivity index is 2.06. The molecule has 2 N–H and O–H groups in total. The second kappa shape index (κ2) is 3.22. The Kier molecular flexibility index (Phi) is 2.49. The predicted octanol–water partition coefficient (Wildman–Crippen LogP) is 0.265. The summed E-state index contributed by atoms with van der Waals surface area (Å²) < 4.78 is 0. The summed E-state index contributed by atoms with van der Waals surface area (Å²) in [5, 5.41) is 5.95. The van der Waals surface area contributed by atoms with Gasteiger partial charge in [0.25, 0.3) is 0 Å². The number of carbonyl (C=O) groups excluding carboxylic acids is 1. The van der Waals surface area contributed by atoms with Crippen LogP contribution in [0.2, 0.25) is 0 Å². The average Bonchev–Trinajstić information content (AvgIpc) is 2.66. The Labute approximate surface area is 67.5 Å². The Morgan fingerprint density at radius 2 is 2.18 bits per heavy atom. The summed E-state index contributed by atoms with van der Waals surface area (Å²) in [5.74, 6) is 0.0978. The van der Waals surface area contributed by atoms with Gasteiger partial charge in [-0.25, -0.2) is 0 Å². The van der Waals surface area contributed by atoms with Crippen LogP contribution in [0.3, 0.4) is 0 Å². The number of amides is 1. The third-order valence-corrected chi connectivity index (χ3v) is 2.05. The van der Waals surface area contributed by atoms with E-state index in [1.807, 2.05) is 6.92 Å². The van der Waals surface area contributed by atoms with E-state index in [1.165, 1.54) is 12.8 Å². The molecule has 64 valence electrons. The molecule has 0 bridgehead atoms. The Hall–Kier alpha value is -0.570. The van der Waals surface area contributed by atoms with Crippen LogP contribution in [0, 0.1) is 0 Å². The molecule has 0 radical (unpaired) electrons. The zero-order valence-electron chi connectivity index (χ0n) is 7.24. The van der Waals surface area contributed by atoms with Crippen molar-refractivity contribution in [3.8, 4) is 0 Å². The Morgan fingerprint density at radius 3 is 2.64 bits per heavy atom. The van der Waals surface area contributed by atoms with Crippen molar-refractivity contribution >= 4 is 5.91 Å². The van der Waals surface area contributed by atoms with Crippen molar-refractivity contribution in [1.82, 2.24) is 10.6 Å². The molecule has 0 spiro atoms. The quantitative estimate of drug-likeness (QED) is 0.613. The molecule has 0 aromatic carbocycles. The van der Waals surface area contributed by atoms with Crippen LogP contribution in [0.5, 0.6) is 0 Å². The summed E-state index contributed by atoms with van der Waals surface area (Å²) in [6.07, 6.45) is 2.40. The predicted molar refractivity (Wildman–Crippen MR) is 44.3 cm³/mol. The number of nitrogens with one attached hydrogen (secondary N) is 2. The molecule has 1 saturated carbocycles. The van der Waals surface area contributed by atoms with Crippen molar-refractivity contribution in [2.75, 3.05) is 13.1 Å². The summed E-state index contributed by atoms with van der Waals surface area (Å²) in [4.78, 5) is 10.9. The van der Waals surface area contributed by atoms with Gasteiger partial charge in [-0.05, 0) is 26.7 Å². The fourth-order valence-electron chi connectivity index (χ4n) is 0.918. The lowest BCUT2D eigenvalue weighted by Crippen LogP contribution is -2.38. The maximum atomic E-state index is 10.9. The van der Waals surface area contributed by atoms with Crippen LogP contribution in [-0.4, -0.2) is 24.5 Å². The largest absolute Gasteiger partial charge is 0.355 e. The third-order valence-electron chi connectivity index (χ3n) is 2.05. The molecule has 0 atom stereocenters. The molecular formula is C8H16N2O. The standard InChI is InChI=1S/C8H16N2O/c1-3-9-7(11)6-10-8(2)4-5-8/h10H,3-6H2,1-2H3,(H,9,11). The Bertz CT molecular complexity index is 152. The van der Waals surface area contributed by atoms with E-state index in [-0.39, 0.29) is 11.4 Å². The van der Waals surface area contributed by atoms with Gasteiger partial charge in [-0.15, -0.1) is 0 Å². The molecule has 0 saturated heterocycles. The van der Waals surface area contributed by atoms with Crippen molar-refractivity contribution in [2.24, 2.45) is 0 Å². The normalized spacial score (nSPS) is 19.5. The van der Waals surface area contributed by atoms with Crippen LogP contribution in [0.4, 0.5) is 0 Å². The minimum Gasteiger partial charge on any atom is -0.355 e. The van der Waals surface area contributed by atoms with Gasteiger partial charge >= 0.3 is 0 Å². The van der Waals surface area contributed by atoms with E-state index in [2.05, 4.69) is 17.6 Å². The highest BCUT2D eigenvalue weighted by Gasteiger charge is 2.36. The zero-order chi connectivity index (χ0) is 8.32. The molecule has 1 rings (SSSR count). The molecule has 1 aliphatic carbocycles. The molecule has 0 heterocycles. The van der Waals surface area contributed by atoms with Gasteiger partial charge < -0.3 is 10.6 Å². The smallest absolute Gasteiger partial charge is 0.233 e. The van der Waals surface area contributed by atoms with Gasteiger partial charge in [0.05, 0.1) is 6.54 Å². The summed E-state index contributed by atoms with van der Waals surface area (Å²) in [6, 6.07) is 0. The van der Waals surface area contributed by atoms with Crippen LogP contribution in [0.25, 0.3) is 0 Å². The summed E-state index contributed by atoms with van der Waals surface area (Å²) in [5.41, 5.74) is 0.269. The molecular weight excluding hydrogens is 140 g/mol. The fraction of sp³-hybridized carbons (Fsp3) is 0.875. The van der Waals surface area contributed by atoms with Gasteiger partial charge in [0.1, 0.15) is 0 Å². The van der Waals surface area contributed by atoms with Gasteiger partial charge in [-0.2, -0.15) is 0 Å². The van der Waals surface area contributed by atoms with E-state index < -0.39 is 0 Å². The molecule has 0 aromatic heterocycles. The van der Waals surface area contributed by atoms with Crippen LogP contribution >= 0.6 is 0 Å². The summed E-state index contributed by atoms with van der Waals surface area (Å²) >= 11 is 0. The van der Waals surface area contributed by atoms with E-state index in [0.717, 1.165) is 6.54 Å². The molecule has 0 unspecified atom stereocenters. The molecule has 3 heteroatoms. The maximum absolute atomic E-state index is 10.9. The fourth-order valence-corrected chi connectivity index (χ4v) is 0.918. The second-order valence-corrected chi connectivity index (χ2v) is 3.37. The highest BCUT2D eigenvalue weighted by molar-refractivity contribution is 5.78. The molecule has 11 heavy (non-hydrogen) atoms. The first-order chi connectivity index (χ1) is 5.16. The molecule has 1 fully saturated rings. The van der Waals surface area contributed by atoms with E-state index in [4.69, 9.17) is 0 Å². The second-order valence-electron chi connectivity index (χ2n) is 3.37. The van der Waals surface area contributed by atoms with Crippen LogP contribution in [-0.2, 0) is 4.79 Å². The highest BCUT2D eigenvalue weighted by atomic mass is 16.1. The minimum atomic E-state index is 0.0978. The number of hydrogen-bond acceptors (Lipinski definition) is 2. The molecule has 1 amide bonds. The van der Waals surface area contributed by atoms with Crippen molar-refractivity contribution in [2.45, 2.75) is 32.2 Å². The lowest BCUT2D eigenvalue weighted by Gasteiger charge is -2.09. The lowest BCUT2D eigenvalue weighted by molar-refractivity contribution is -0.120. The van der Waals surface area contributed by atoms with Crippen molar-refractivity contribution < 1.29 is 4.79 Å². The highest BCUT2D eigenvalue weighted by Crippen LogP contribution is 2.33. The van der Waals surface area contributed by atoms with Gasteiger partial charge in [-0.1, -0.05) is 0 Å². The SMILES string of the molecule is CCNC(=O)CNC1(C)CC1. The Morgan fingerprint density at radius 1 is 1.55 bits per heavy atom. The molecule has 3 nitrogen and oxygen atoms in total. The first kappa shape index (κ1) is 8.53. The van der Waals surface area contributed by atoms with Crippen LogP contribution in [0.1, 0.15) is 26.7 Å². The van der Waals surface area contributed by atoms with E-state index in [9.17, 15) is 4.79 Å². The average molecular weight is 156 g/mol. The molecule has 0 aliphatic heterocycles. The topological polar surface area (TPSA) is 41.1 Å². The lowest BCUT2D eigenvalue weighted by atomic mass is 10.3. The number of rotatable bonds is 4.